The molecule has 0 heterocycles. The summed E-state index contributed by atoms with van der Waals surface area (Å²) in [6.45, 7) is -5.79. The van der Waals surface area contributed by atoms with E-state index in [0.717, 1.165) is 18.2 Å². The van der Waals surface area contributed by atoms with Gasteiger partial charge in [-0.3, -0.25) is 0 Å². The van der Waals surface area contributed by atoms with E-state index in [2.05, 4.69) is 9.47 Å². The fraction of sp³-hybridized carbons (Fsp3) is 0.250. The van der Waals surface area contributed by atoms with E-state index in [1.165, 1.54) is 7.11 Å². The third kappa shape index (κ3) is 2.85. The monoisotopic (exact) mass is 223 g/mol. The zero-order chi connectivity index (χ0) is 11.5. The normalized spacial score (nSPS) is 11.5. The molecule has 1 aromatic carbocycles. The highest BCUT2D eigenvalue weighted by Gasteiger charge is 2.32. The molecule has 0 amide bonds. The topological polar surface area (TPSA) is 18.5 Å². The molecule has 0 aliphatic rings. The van der Waals surface area contributed by atoms with Gasteiger partial charge >= 0.3 is 6.98 Å². The van der Waals surface area contributed by atoms with Crippen molar-refractivity contribution in [2.45, 2.75) is 0 Å². The molecule has 7 heteroatoms. The SMILES string of the molecule is COCOc1cccc(F)c1[B-](F)(F)F. The molecule has 1 aromatic rings. The van der Waals surface area contributed by atoms with E-state index < -0.39 is 24.0 Å². The zero-order valence-electron chi connectivity index (χ0n) is 7.84. The number of benzene rings is 1. The molecule has 0 radical (unpaired) electrons. The second kappa shape index (κ2) is 4.52. The molecule has 0 aromatic heterocycles. The number of hydrogen-bond donors (Lipinski definition) is 0. The minimum atomic E-state index is -5.43. The molecule has 2 nitrogen and oxygen atoms in total. The van der Waals surface area contributed by atoms with Crippen LogP contribution in [-0.2, 0) is 4.74 Å². The van der Waals surface area contributed by atoms with Crippen molar-refractivity contribution in [3.05, 3.63) is 24.0 Å². The quantitative estimate of drug-likeness (QED) is 0.440. The van der Waals surface area contributed by atoms with Crippen molar-refractivity contribution in [2.24, 2.45) is 0 Å². The van der Waals surface area contributed by atoms with Gasteiger partial charge in [-0.2, -0.15) is 0 Å². The fourth-order valence-corrected chi connectivity index (χ4v) is 1.08. The molecule has 1 rings (SSSR count). The third-order valence-corrected chi connectivity index (χ3v) is 1.67. The number of ether oxygens (including phenoxy) is 2. The molecular formula is C8H8BF4O2-. The first-order chi connectivity index (χ1) is 6.96. The molecule has 0 aliphatic carbocycles. The van der Waals surface area contributed by atoms with Crippen LogP contribution in [0, 0.1) is 5.82 Å². The summed E-state index contributed by atoms with van der Waals surface area (Å²) in [4.78, 5) is 0. The van der Waals surface area contributed by atoms with Crippen LogP contribution in [0.1, 0.15) is 0 Å². The fourth-order valence-electron chi connectivity index (χ4n) is 1.08. The van der Waals surface area contributed by atoms with Gasteiger partial charge in [0.15, 0.2) is 6.79 Å². The lowest BCUT2D eigenvalue weighted by Gasteiger charge is -2.20. The summed E-state index contributed by atoms with van der Waals surface area (Å²) in [5.74, 6) is -1.89. The third-order valence-electron chi connectivity index (χ3n) is 1.67. The summed E-state index contributed by atoms with van der Waals surface area (Å²) in [5.41, 5.74) is -1.35. The van der Waals surface area contributed by atoms with Gasteiger partial charge < -0.3 is 22.4 Å². The molecule has 15 heavy (non-hydrogen) atoms. The lowest BCUT2D eigenvalue weighted by molar-refractivity contribution is 0.0515. The van der Waals surface area contributed by atoms with Crippen LogP contribution >= 0.6 is 0 Å². The van der Waals surface area contributed by atoms with Crippen LogP contribution < -0.4 is 10.2 Å². The Morgan fingerprint density at radius 2 is 1.93 bits per heavy atom. The minimum absolute atomic E-state index is 0.359. The van der Waals surface area contributed by atoms with Gasteiger partial charge in [0.2, 0.25) is 0 Å². The second-order valence-electron chi connectivity index (χ2n) is 2.78. The summed E-state index contributed by atoms with van der Waals surface area (Å²) >= 11 is 0. The summed E-state index contributed by atoms with van der Waals surface area (Å²) in [6.07, 6.45) is 0. The van der Waals surface area contributed by atoms with Crippen LogP contribution in [-0.4, -0.2) is 20.9 Å². The molecule has 84 valence electrons. The Kier molecular flexibility index (Phi) is 3.57. The van der Waals surface area contributed by atoms with Gasteiger partial charge in [0.25, 0.3) is 0 Å². The Balaban J connectivity index is 3.09. The highest BCUT2D eigenvalue weighted by Crippen LogP contribution is 2.19. The molecule has 0 atom stereocenters. The molecule has 0 N–H and O–H groups in total. The lowest BCUT2D eigenvalue weighted by Crippen LogP contribution is -2.38. The van der Waals surface area contributed by atoms with Crippen molar-refractivity contribution in [3.63, 3.8) is 0 Å². The van der Waals surface area contributed by atoms with Crippen LogP contribution in [0.25, 0.3) is 0 Å². The average molecular weight is 223 g/mol. The van der Waals surface area contributed by atoms with Gasteiger partial charge in [-0.1, -0.05) is 6.07 Å². The lowest BCUT2D eigenvalue weighted by atomic mass is 9.79. The van der Waals surface area contributed by atoms with Crippen LogP contribution in [0.15, 0.2) is 18.2 Å². The van der Waals surface area contributed by atoms with Gasteiger partial charge in [0.05, 0.1) is 11.6 Å². The maximum absolute atomic E-state index is 12.9. The zero-order valence-corrected chi connectivity index (χ0v) is 7.84. The van der Waals surface area contributed by atoms with Crippen LogP contribution in [0.4, 0.5) is 17.3 Å². The van der Waals surface area contributed by atoms with Crippen LogP contribution in [0.2, 0.25) is 0 Å². The van der Waals surface area contributed by atoms with Crippen molar-refractivity contribution in [2.75, 3.05) is 13.9 Å². The largest absolute Gasteiger partial charge is 0.516 e. The highest BCUT2D eigenvalue weighted by atomic mass is 19.4. The van der Waals surface area contributed by atoms with E-state index in [0.29, 0.717) is 0 Å². The van der Waals surface area contributed by atoms with E-state index in [9.17, 15) is 17.3 Å². The van der Waals surface area contributed by atoms with Gasteiger partial charge in [-0.15, -0.1) is 0 Å². The van der Waals surface area contributed by atoms with Crippen molar-refractivity contribution >= 4 is 12.4 Å². The summed E-state index contributed by atoms with van der Waals surface area (Å²) in [5, 5.41) is 0. The molecule has 0 spiro atoms. The summed E-state index contributed by atoms with van der Waals surface area (Å²) < 4.78 is 59.3. The Morgan fingerprint density at radius 3 is 2.47 bits per heavy atom. The predicted molar refractivity (Wildman–Crippen MR) is 47.6 cm³/mol. The highest BCUT2D eigenvalue weighted by molar-refractivity contribution is 6.74. The number of methoxy groups -OCH3 is 1. The molecule has 0 aliphatic heterocycles. The van der Waals surface area contributed by atoms with Gasteiger partial charge in [0.1, 0.15) is 0 Å². The standard InChI is InChI=1S/C8H8BF4O2/c1-14-5-15-7-4-2-3-6(10)8(7)9(11,12)13/h2-4H,5H2,1H3/q-1. The minimum Gasteiger partial charge on any atom is -0.470 e. The predicted octanol–water partition coefficient (Wildman–Crippen LogP) is 1.86. The maximum Gasteiger partial charge on any atom is 0.516 e. The van der Waals surface area contributed by atoms with E-state index in [1.54, 1.807) is 0 Å². The first-order valence-electron chi connectivity index (χ1n) is 4.07. The molecule has 0 saturated carbocycles. The smallest absolute Gasteiger partial charge is 0.470 e. The van der Waals surface area contributed by atoms with Gasteiger partial charge in [0, 0.05) is 7.11 Å². The molecule has 0 saturated heterocycles. The number of hydrogen-bond acceptors (Lipinski definition) is 2. The summed E-state index contributed by atoms with van der Waals surface area (Å²) in [7, 11) is 1.26. The van der Waals surface area contributed by atoms with E-state index >= 15 is 0 Å². The van der Waals surface area contributed by atoms with Crippen molar-refractivity contribution in [1.82, 2.24) is 0 Å². The van der Waals surface area contributed by atoms with E-state index in [1.807, 2.05) is 0 Å². The van der Waals surface area contributed by atoms with Crippen LogP contribution in [0.3, 0.4) is 0 Å². The van der Waals surface area contributed by atoms with E-state index in [4.69, 9.17) is 0 Å². The molecule has 0 fully saturated rings. The maximum atomic E-state index is 12.9. The summed E-state index contributed by atoms with van der Waals surface area (Å²) in [6, 6.07) is 2.93. The Hall–Kier alpha value is -1.24. The van der Waals surface area contributed by atoms with Crippen molar-refractivity contribution < 1.29 is 26.8 Å². The van der Waals surface area contributed by atoms with Gasteiger partial charge in [-0.25, -0.2) is 4.39 Å². The first kappa shape index (κ1) is 11.8. The number of rotatable bonds is 4. The van der Waals surface area contributed by atoms with Crippen molar-refractivity contribution in [3.8, 4) is 5.75 Å². The molecular weight excluding hydrogens is 215 g/mol. The Morgan fingerprint density at radius 1 is 1.27 bits per heavy atom. The molecule has 0 unspecified atom stereocenters. The average Bonchev–Trinajstić information content (AvgIpc) is 2.12. The van der Waals surface area contributed by atoms with Crippen LogP contribution in [0.5, 0.6) is 5.75 Å². The molecule has 0 bridgehead atoms. The first-order valence-corrected chi connectivity index (χ1v) is 4.07. The van der Waals surface area contributed by atoms with Gasteiger partial charge in [-0.05, 0) is 17.6 Å². The van der Waals surface area contributed by atoms with Crippen molar-refractivity contribution in [1.29, 1.82) is 0 Å². The Bertz CT molecular complexity index is 340. The van der Waals surface area contributed by atoms with E-state index in [-0.39, 0.29) is 6.79 Å². The Labute approximate surface area is 83.9 Å². The second-order valence-corrected chi connectivity index (χ2v) is 2.78. The number of halogens is 4.